The fourth-order valence-corrected chi connectivity index (χ4v) is 3.32. The van der Waals surface area contributed by atoms with E-state index in [1.54, 1.807) is 6.92 Å². The minimum Gasteiger partial charge on any atom is -0.484 e. The summed E-state index contributed by atoms with van der Waals surface area (Å²) in [6, 6.07) is 5.39. The van der Waals surface area contributed by atoms with Gasteiger partial charge in [0.15, 0.2) is 6.61 Å². The number of thiophene rings is 1. The van der Waals surface area contributed by atoms with Crippen LogP contribution in [0.4, 0.5) is 9.39 Å². The fraction of sp³-hybridized carbons (Fsp3) is 0.368. The molecule has 2 rings (SSSR count). The molecule has 5 nitrogen and oxygen atoms in total. The predicted octanol–water partition coefficient (Wildman–Crippen LogP) is 4.28. The first-order chi connectivity index (χ1) is 12.4. The van der Waals surface area contributed by atoms with Gasteiger partial charge in [-0.1, -0.05) is 13.8 Å². The van der Waals surface area contributed by atoms with Crippen molar-refractivity contribution >= 4 is 28.2 Å². The highest BCUT2D eigenvalue weighted by Crippen LogP contribution is 2.31. The van der Waals surface area contributed by atoms with Crippen LogP contribution in [0.2, 0.25) is 0 Å². The van der Waals surface area contributed by atoms with Gasteiger partial charge >= 0.3 is 5.97 Å². The van der Waals surface area contributed by atoms with Crippen LogP contribution >= 0.6 is 11.3 Å². The minimum atomic E-state index is -0.445. The second-order valence-electron chi connectivity index (χ2n) is 6.07. The minimum absolute atomic E-state index is 0.245. The van der Waals surface area contributed by atoms with E-state index in [2.05, 4.69) is 19.2 Å². The summed E-state index contributed by atoms with van der Waals surface area (Å²) in [5.41, 5.74) is 1.26. The van der Waals surface area contributed by atoms with Gasteiger partial charge in [-0.3, -0.25) is 4.79 Å². The zero-order chi connectivity index (χ0) is 19.1. The number of amides is 1. The Morgan fingerprint density at radius 3 is 2.54 bits per heavy atom. The summed E-state index contributed by atoms with van der Waals surface area (Å²) < 4.78 is 23.3. The predicted molar refractivity (Wildman–Crippen MR) is 99.3 cm³/mol. The molecule has 0 fully saturated rings. The lowest BCUT2D eigenvalue weighted by molar-refractivity contribution is -0.118. The summed E-state index contributed by atoms with van der Waals surface area (Å²) in [4.78, 5) is 24.4. The number of hydrogen-bond acceptors (Lipinski definition) is 5. The first kappa shape index (κ1) is 19.9. The molecule has 7 heteroatoms. The molecule has 0 atom stereocenters. The van der Waals surface area contributed by atoms with E-state index in [-0.39, 0.29) is 19.0 Å². The topological polar surface area (TPSA) is 64.6 Å². The SMILES string of the molecule is CCOC(=O)c1c(CC(C)C)csc1NC(=O)COc1ccc(F)cc1. The number of esters is 1. The van der Waals surface area contributed by atoms with Crippen LogP contribution in [0.15, 0.2) is 29.6 Å². The van der Waals surface area contributed by atoms with Crippen LogP contribution < -0.4 is 10.1 Å². The van der Waals surface area contributed by atoms with E-state index in [4.69, 9.17) is 9.47 Å². The number of ether oxygens (including phenoxy) is 2. The average molecular weight is 379 g/mol. The molecule has 1 amide bonds. The van der Waals surface area contributed by atoms with Crippen molar-refractivity contribution in [3.63, 3.8) is 0 Å². The maximum Gasteiger partial charge on any atom is 0.341 e. The van der Waals surface area contributed by atoms with Gasteiger partial charge < -0.3 is 14.8 Å². The van der Waals surface area contributed by atoms with Crippen molar-refractivity contribution < 1.29 is 23.5 Å². The van der Waals surface area contributed by atoms with Crippen LogP contribution in [0, 0.1) is 11.7 Å². The van der Waals surface area contributed by atoms with Crippen molar-refractivity contribution in [3.8, 4) is 5.75 Å². The summed E-state index contributed by atoms with van der Waals surface area (Å²) in [5.74, 6) is -0.476. The van der Waals surface area contributed by atoms with Crippen LogP contribution in [0.3, 0.4) is 0 Å². The van der Waals surface area contributed by atoms with Gasteiger partial charge in [0.2, 0.25) is 0 Å². The van der Waals surface area contributed by atoms with Gasteiger partial charge in [0.1, 0.15) is 16.6 Å². The van der Waals surface area contributed by atoms with E-state index in [0.717, 1.165) is 5.56 Å². The molecule has 0 saturated carbocycles. The monoisotopic (exact) mass is 379 g/mol. The highest BCUT2D eigenvalue weighted by molar-refractivity contribution is 7.15. The second kappa shape index (κ2) is 9.33. The largest absolute Gasteiger partial charge is 0.484 e. The Morgan fingerprint density at radius 2 is 1.92 bits per heavy atom. The molecule has 0 aliphatic carbocycles. The van der Waals surface area contributed by atoms with E-state index in [1.165, 1.54) is 35.6 Å². The van der Waals surface area contributed by atoms with Crippen molar-refractivity contribution in [3.05, 3.63) is 46.6 Å². The number of benzene rings is 1. The molecule has 140 valence electrons. The second-order valence-corrected chi connectivity index (χ2v) is 6.95. The smallest absolute Gasteiger partial charge is 0.341 e. The summed E-state index contributed by atoms with van der Waals surface area (Å²) in [6.45, 7) is 5.87. The van der Waals surface area contributed by atoms with Gasteiger partial charge in [0.05, 0.1) is 12.2 Å². The summed E-state index contributed by atoms with van der Waals surface area (Å²) in [5, 5.41) is 5.02. The molecule has 0 radical (unpaired) electrons. The molecule has 0 bridgehead atoms. The lowest BCUT2D eigenvalue weighted by Crippen LogP contribution is -2.21. The van der Waals surface area contributed by atoms with Crippen LogP contribution in [-0.2, 0) is 16.0 Å². The van der Waals surface area contributed by atoms with Gasteiger partial charge in [-0.05, 0) is 54.5 Å². The Morgan fingerprint density at radius 1 is 1.23 bits per heavy atom. The Bertz CT molecular complexity index is 755. The first-order valence-electron chi connectivity index (χ1n) is 8.36. The van der Waals surface area contributed by atoms with Crippen molar-refractivity contribution in [2.24, 2.45) is 5.92 Å². The van der Waals surface area contributed by atoms with Gasteiger partial charge in [-0.25, -0.2) is 9.18 Å². The lowest BCUT2D eigenvalue weighted by Gasteiger charge is -2.10. The number of halogens is 1. The number of carbonyl (C=O) groups excluding carboxylic acids is 2. The molecule has 1 heterocycles. The molecule has 1 N–H and O–H groups in total. The lowest BCUT2D eigenvalue weighted by atomic mass is 10.0. The highest BCUT2D eigenvalue weighted by Gasteiger charge is 2.22. The van der Waals surface area contributed by atoms with Crippen molar-refractivity contribution in [2.45, 2.75) is 27.2 Å². The van der Waals surface area contributed by atoms with E-state index in [1.807, 2.05) is 5.38 Å². The average Bonchev–Trinajstić information content (AvgIpc) is 2.96. The number of carbonyl (C=O) groups is 2. The standard InChI is InChI=1S/C19H22FNO4S/c1-4-24-19(23)17-13(9-12(2)3)11-26-18(17)21-16(22)10-25-15-7-5-14(20)6-8-15/h5-8,11-12H,4,9-10H2,1-3H3,(H,21,22). The third-order valence-electron chi connectivity index (χ3n) is 3.41. The van der Waals surface area contributed by atoms with Gasteiger partial charge in [-0.15, -0.1) is 11.3 Å². The maximum absolute atomic E-state index is 12.9. The molecule has 1 aromatic carbocycles. The molecule has 0 aliphatic heterocycles. The maximum atomic E-state index is 12.9. The molecule has 1 aromatic heterocycles. The quantitative estimate of drug-likeness (QED) is 0.696. The van der Waals surface area contributed by atoms with Crippen molar-refractivity contribution in [1.29, 1.82) is 0 Å². The van der Waals surface area contributed by atoms with Gasteiger partial charge in [-0.2, -0.15) is 0 Å². The Labute approximate surface area is 156 Å². The molecule has 2 aromatic rings. The van der Waals surface area contributed by atoms with Crippen LogP contribution in [0.5, 0.6) is 5.75 Å². The third-order valence-corrected chi connectivity index (χ3v) is 4.36. The van der Waals surface area contributed by atoms with E-state index in [0.29, 0.717) is 28.7 Å². The third kappa shape index (κ3) is 5.56. The summed E-state index contributed by atoms with van der Waals surface area (Å²) in [6.07, 6.45) is 0.715. The zero-order valence-electron chi connectivity index (χ0n) is 15.0. The van der Waals surface area contributed by atoms with Gasteiger partial charge in [0, 0.05) is 0 Å². The van der Waals surface area contributed by atoms with Crippen LogP contribution in [0.1, 0.15) is 36.7 Å². The summed E-state index contributed by atoms with van der Waals surface area (Å²) in [7, 11) is 0. The number of hydrogen-bond donors (Lipinski definition) is 1. The van der Waals surface area contributed by atoms with Crippen molar-refractivity contribution in [1.82, 2.24) is 0 Å². The van der Waals surface area contributed by atoms with Crippen LogP contribution in [-0.4, -0.2) is 25.1 Å². The summed E-state index contributed by atoms with van der Waals surface area (Å²) >= 11 is 1.29. The first-order valence-corrected chi connectivity index (χ1v) is 9.24. The van der Waals surface area contributed by atoms with Gasteiger partial charge in [0.25, 0.3) is 5.91 Å². The van der Waals surface area contributed by atoms with Crippen molar-refractivity contribution in [2.75, 3.05) is 18.5 Å². The fourth-order valence-electron chi connectivity index (χ4n) is 2.35. The Hall–Kier alpha value is -2.41. The van der Waals surface area contributed by atoms with Crippen LogP contribution in [0.25, 0.3) is 0 Å². The van der Waals surface area contributed by atoms with E-state index in [9.17, 15) is 14.0 Å². The zero-order valence-corrected chi connectivity index (χ0v) is 15.8. The number of nitrogens with one attached hydrogen (secondary N) is 1. The molecular weight excluding hydrogens is 357 g/mol. The highest BCUT2D eigenvalue weighted by atomic mass is 32.1. The molecule has 0 aliphatic rings. The molecule has 26 heavy (non-hydrogen) atoms. The number of rotatable bonds is 8. The molecule has 0 saturated heterocycles. The Balaban J connectivity index is 2.06. The Kier molecular flexibility index (Phi) is 7.15. The number of anilines is 1. The molecule has 0 spiro atoms. The van der Waals surface area contributed by atoms with E-state index >= 15 is 0 Å². The molecular formula is C19H22FNO4S. The molecule has 0 unspecified atom stereocenters. The normalized spacial score (nSPS) is 10.7. The van der Waals surface area contributed by atoms with E-state index < -0.39 is 11.9 Å².